The van der Waals surface area contributed by atoms with E-state index in [2.05, 4.69) is 30.1 Å². The van der Waals surface area contributed by atoms with E-state index in [1.165, 1.54) is 12.8 Å². The third-order valence-electron chi connectivity index (χ3n) is 4.22. The second-order valence-corrected chi connectivity index (χ2v) is 5.51. The first-order chi connectivity index (χ1) is 8.16. The molecule has 3 nitrogen and oxygen atoms in total. The maximum absolute atomic E-state index is 11.3. The lowest BCUT2D eigenvalue weighted by atomic mass is 9.80. The average molecular weight is 236 g/mol. The molecule has 17 heavy (non-hydrogen) atoms. The van der Waals surface area contributed by atoms with E-state index < -0.39 is 0 Å². The highest BCUT2D eigenvalue weighted by molar-refractivity contribution is 5.76. The summed E-state index contributed by atoms with van der Waals surface area (Å²) in [6, 6.07) is 0. The van der Waals surface area contributed by atoms with Crippen LogP contribution in [0.3, 0.4) is 0 Å². The molecule has 1 heterocycles. The molecule has 1 fully saturated rings. The standard InChI is InChI=1S/C14H24N2O/c1-11-4-3-5-12(2)13(11)10-16-8-6-14(17)15-7-9-16/h4,12-13H,3,5-10H2,1-2H3,(H,15,17)/t12-,13-/m0/s1. The molecule has 0 aromatic heterocycles. The molecule has 0 saturated carbocycles. The molecule has 0 aromatic rings. The number of rotatable bonds is 2. The van der Waals surface area contributed by atoms with Crippen LogP contribution >= 0.6 is 0 Å². The molecule has 0 radical (unpaired) electrons. The number of carbonyl (C=O) groups excluding carboxylic acids is 1. The molecule has 2 atom stereocenters. The van der Waals surface area contributed by atoms with Crippen molar-refractivity contribution in [3.8, 4) is 0 Å². The van der Waals surface area contributed by atoms with Crippen LogP contribution in [0.2, 0.25) is 0 Å². The minimum absolute atomic E-state index is 0.205. The van der Waals surface area contributed by atoms with Crippen LogP contribution < -0.4 is 5.32 Å². The SMILES string of the molecule is CC1=CCC[C@H](C)[C@H]1CN1CCNC(=O)CC1. The van der Waals surface area contributed by atoms with E-state index in [-0.39, 0.29) is 5.91 Å². The second kappa shape index (κ2) is 5.67. The minimum atomic E-state index is 0.205. The number of carbonyl (C=O) groups is 1. The zero-order chi connectivity index (χ0) is 12.3. The Morgan fingerprint density at radius 3 is 3.06 bits per heavy atom. The Bertz CT molecular complexity index is 311. The molecule has 1 N–H and O–H groups in total. The van der Waals surface area contributed by atoms with Crippen molar-refractivity contribution in [1.29, 1.82) is 0 Å². The summed E-state index contributed by atoms with van der Waals surface area (Å²) < 4.78 is 0. The molecule has 2 aliphatic rings. The van der Waals surface area contributed by atoms with Gasteiger partial charge in [0.25, 0.3) is 0 Å². The molecule has 96 valence electrons. The first-order valence-corrected chi connectivity index (χ1v) is 6.82. The molecule has 2 rings (SSSR count). The number of nitrogens with one attached hydrogen (secondary N) is 1. The zero-order valence-electron chi connectivity index (χ0n) is 11.0. The van der Waals surface area contributed by atoms with E-state index in [4.69, 9.17) is 0 Å². The Kier molecular flexibility index (Phi) is 4.21. The molecular weight excluding hydrogens is 212 g/mol. The molecule has 0 bridgehead atoms. The molecular formula is C14H24N2O. The topological polar surface area (TPSA) is 32.3 Å². The van der Waals surface area contributed by atoms with Crippen molar-refractivity contribution in [3.05, 3.63) is 11.6 Å². The summed E-state index contributed by atoms with van der Waals surface area (Å²) in [6.07, 6.45) is 5.60. The summed E-state index contributed by atoms with van der Waals surface area (Å²) in [4.78, 5) is 13.7. The normalized spacial score (nSPS) is 31.6. The molecule has 1 aliphatic carbocycles. The first-order valence-electron chi connectivity index (χ1n) is 6.82. The smallest absolute Gasteiger partial charge is 0.221 e. The molecule has 0 unspecified atom stereocenters. The lowest BCUT2D eigenvalue weighted by Crippen LogP contribution is -2.36. The summed E-state index contributed by atoms with van der Waals surface area (Å²) in [5.74, 6) is 1.68. The summed E-state index contributed by atoms with van der Waals surface area (Å²) in [5, 5.41) is 2.94. The Morgan fingerprint density at radius 1 is 1.47 bits per heavy atom. The maximum Gasteiger partial charge on any atom is 0.221 e. The molecule has 0 spiro atoms. The average Bonchev–Trinajstić information content (AvgIpc) is 2.49. The Labute approximate surface area is 104 Å². The first kappa shape index (κ1) is 12.6. The number of hydrogen-bond acceptors (Lipinski definition) is 2. The second-order valence-electron chi connectivity index (χ2n) is 5.51. The fourth-order valence-corrected chi connectivity index (χ4v) is 2.97. The Balaban J connectivity index is 1.92. The van der Waals surface area contributed by atoms with Crippen LogP contribution in [0.15, 0.2) is 11.6 Å². The summed E-state index contributed by atoms with van der Waals surface area (Å²) >= 11 is 0. The highest BCUT2D eigenvalue weighted by Crippen LogP contribution is 2.30. The van der Waals surface area contributed by atoms with Crippen molar-refractivity contribution in [2.75, 3.05) is 26.2 Å². The monoisotopic (exact) mass is 236 g/mol. The number of amides is 1. The van der Waals surface area contributed by atoms with Gasteiger partial charge in [-0.2, -0.15) is 0 Å². The molecule has 3 heteroatoms. The van der Waals surface area contributed by atoms with E-state index in [0.29, 0.717) is 12.3 Å². The number of allylic oxidation sites excluding steroid dienone is 1. The van der Waals surface area contributed by atoms with E-state index in [0.717, 1.165) is 32.1 Å². The minimum Gasteiger partial charge on any atom is -0.355 e. The van der Waals surface area contributed by atoms with Crippen molar-refractivity contribution in [2.45, 2.75) is 33.1 Å². The van der Waals surface area contributed by atoms with Crippen LogP contribution in [0, 0.1) is 11.8 Å². The van der Waals surface area contributed by atoms with Gasteiger partial charge < -0.3 is 10.2 Å². The molecule has 1 amide bonds. The van der Waals surface area contributed by atoms with E-state index in [1.807, 2.05) is 0 Å². The van der Waals surface area contributed by atoms with Gasteiger partial charge in [0, 0.05) is 32.6 Å². The van der Waals surface area contributed by atoms with Crippen molar-refractivity contribution >= 4 is 5.91 Å². The van der Waals surface area contributed by atoms with Gasteiger partial charge in [0.15, 0.2) is 0 Å². The van der Waals surface area contributed by atoms with Gasteiger partial charge in [-0.15, -0.1) is 0 Å². The van der Waals surface area contributed by atoms with E-state index >= 15 is 0 Å². The van der Waals surface area contributed by atoms with Gasteiger partial charge in [0.2, 0.25) is 5.91 Å². The number of hydrogen-bond donors (Lipinski definition) is 1. The largest absolute Gasteiger partial charge is 0.355 e. The van der Waals surface area contributed by atoms with Crippen LogP contribution in [0.25, 0.3) is 0 Å². The predicted octanol–water partition coefficient (Wildman–Crippen LogP) is 1.80. The van der Waals surface area contributed by atoms with Crippen LogP contribution in [-0.4, -0.2) is 37.0 Å². The van der Waals surface area contributed by atoms with Gasteiger partial charge in [-0.3, -0.25) is 4.79 Å². The maximum atomic E-state index is 11.3. The van der Waals surface area contributed by atoms with Crippen LogP contribution in [0.4, 0.5) is 0 Å². The highest BCUT2D eigenvalue weighted by Gasteiger charge is 2.25. The van der Waals surface area contributed by atoms with Crippen LogP contribution in [0.5, 0.6) is 0 Å². The Hall–Kier alpha value is -0.830. The van der Waals surface area contributed by atoms with Crippen molar-refractivity contribution in [3.63, 3.8) is 0 Å². The molecule has 0 aromatic carbocycles. The van der Waals surface area contributed by atoms with E-state index in [1.54, 1.807) is 5.57 Å². The Morgan fingerprint density at radius 2 is 2.29 bits per heavy atom. The molecule has 1 saturated heterocycles. The van der Waals surface area contributed by atoms with Gasteiger partial charge in [-0.05, 0) is 31.6 Å². The van der Waals surface area contributed by atoms with Gasteiger partial charge in [0.05, 0.1) is 0 Å². The quantitative estimate of drug-likeness (QED) is 0.742. The summed E-state index contributed by atoms with van der Waals surface area (Å²) in [6.45, 7) is 8.48. The highest BCUT2D eigenvalue weighted by atomic mass is 16.1. The van der Waals surface area contributed by atoms with Gasteiger partial charge in [0.1, 0.15) is 0 Å². The summed E-state index contributed by atoms with van der Waals surface area (Å²) in [5.41, 5.74) is 1.55. The summed E-state index contributed by atoms with van der Waals surface area (Å²) in [7, 11) is 0. The van der Waals surface area contributed by atoms with Crippen molar-refractivity contribution in [1.82, 2.24) is 10.2 Å². The fourth-order valence-electron chi connectivity index (χ4n) is 2.97. The predicted molar refractivity (Wildman–Crippen MR) is 69.7 cm³/mol. The fraction of sp³-hybridized carbons (Fsp3) is 0.786. The van der Waals surface area contributed by atoms with Gasteiger partial charge in [-0.25, -0.2) is 0 Å². The third kappa shape index (κ3) is 3.32. The molecule has 1 aliphatic heterocycles. The van der Waals surface area contributed by atoms with Gasteiger partial charge in [-0.1, -0.05) is 18.6 Å². The van der Waals surface area contributed by atoms with Crippen LogP contribution in [-0.2, 0) is 4.79 Å². The lowest BCUT2D eigenvalue weighted by Gasteiger charge is -2.33. The van der Waals surface area contributed by atoms with Crippen LogP contribution in [0.1, 0.15) is 33.1 Å². The van der Waals surface area contributed by atoms with Crippen molar-refractivity contribution < 1.29 is 4.79 Å². The third-order valence-corrected chi connectivity index (χ3v) is 4.22. The number of nitrogens with zero attached hydrogens (tertiary/aromatic N) is 1. The van der Waals surface area contributed by atoms with E-state index in [9.17, 15) is 4.79 Å². The zero-order valence-corrected chi connectivity index (χ0v) is 11.0. The van der Waals surface area contributed by atoms with Crippen molar-refractivity contribution in [2.24, 2.45) is 11.8 Å². The van der Waals surface area contributed by atoms with Gasteiger partial charge >= 0.3 is 0 Å². The lowest BCUT2D eigenvalue weighted by molar-refractivity contribution is -0.120.